The topological polar surface area (TPSA) is 12.4 Å². The summed E-state index contributed by atoms with van der Waals surface area (Å²) < 4.78 is 0. The zero-order valence-electron chi connectivity index (χ0n) is 7.90. The molecule has 0 aliphatic carbocycles. The van der Waals surface area contributed by atoms with E-state index in [1.54, 1.807) is 0 Å². The van der Waals surface area contributed by atoms with Crippen molar-refractivity contribution in [3.63, 3.8) is 0 Å². The SMILES string of the molecule is [CH2]CC/C(CCC)=N\CCC. The van der Waals surface area contributed by atoms with Crippen molar-refractivity contribution >= 4 is 5.71 Å². The fourth-order valence-electron chi connectivity index (χ4n) is 1.05. The standard InChI is InChI=1S/C10H20N/c1-4-7-10(8-5-2)11-9-6-3/h1,4-9H2,2-3H3/b11-10+. The molecular weight excluding hydrogens is 134 g/mol. The van der Waals surface area contributed by atoms with Gasteiger partial charge in [0.2, 0.25) is 0 Å². The van der Waals surface area contributed by atoms with Crippen molar-refractivity contribution in [1.82, 2.24) is 0 Å². The Labute approximate surface area is 70.9 Å². The zero-order chi connectivity index (χ0) is 8.53. The summed E-state index contributed by atoms with van der Waals surface area (Å²) in [7, 11) is 0. The van der Waals surface area contributed by atoms with Crippen LogP contribution in [0.25, 0.3) is 0 Å². The molecule has 0 aliphatic rings. The summed E-state index contributed by atoms with van der Waals surface area (Å²) in [5.74, 6) is 0. The average molecular weight is 154 g/mol. The molecule has 0 bridgehead atoms. The van der Waals surface area contributed by atoms with Gasteiger partial charge in [-0.3, -0.25) is 4.99 Å². The van der Waals surface area contributed by atoms with E-state index < -0.39 is 0 Å². The van der Waals surface area contributed by atoms with Gasteiger partial charge in [-0.1, -0.05) is 27.2 Å². The Hall–Kier alpha value is -0.330. The summed E-state index contributed by atoms with van der Waals surface area (Å²) in [4.78, 5) is 4.50. The van der Waals surface area contributed by atoms with Crippen molar-refractivity contribution in [3.8, 4) is 0 Å². The highest BCUT2D eigenvalue weighted by Crippen LogP contribution is 2.00. The van der Waals surface area contributed by atoms with Crippen LogP contribution in [0.1, 0.15) is 46.0 Å². The molecule has 0 N–H and O–H groups in total. The van der Waals surface area contributed by atoms with Crippen molar-refractivity contribution in [3.05, 3.63) is 6.92 Å². The summed E-state index contributed by atoms with van der Waals surface area (Å²) >= 11 is 0. The van der Waals surface area contributed by atoms with Crippen LogP contribution in [0.15, 0.2) is 4.99 Å². The van der Waals surface area contributed by atoms with Gasteiger partial charge in [0.05, 0.1) is 0 Å². The maximum absolute atomic E-state index is 4.50. The summed E-state index contributed by atoms with van der Waals surface area (Å²) in [5.41, 5.74) is 1.37. The smallest absolute Gasteiger partial charge is 0.0386 e. The predicted molar refractivity (Wildman–Crippen MR) is 52.1 cm³/mol. The third-order valence-electron chi connectivity index (χ3n) is 1.56. The fraction of sp³-hybridized carbons (Fsp3) is 0.800. The summed E-state index contributed by atoms with van der Waals surface area (Å²) in [6, 6.07) is 0. The molecule has 0 amide bonds. The van der Waals surface area contributed by atoms with Gasteiger partial charge in [0.25, 0.3) is 0 Å². The van der Waals surface area contributed by atoms with E-state index in [-0.39, 0.29) is 0 Å². The van der Waals surface area contributed by atoms with Gasteiger partial charge in [0, 0.05) is 12.3 Å². The van der Waals surface area contributed by atoms with E-state index in [1.807, 2.05) is 0 Å². The van der Waals surface area contributed by atoms with Crippen LogP contribution in [0.3, 0.4) is 0 Å². The molecule has 0 aliphatic heterocycles. The lowest BCUT2D eigenvalue weighted by Crippen LogP contribution is -1.98. The first-order chi connectivity index (χ1) is 5.35. The van der Waals surface area contributed by atoms with Crippen LogP contribution in [0.4, 0.5) is 0 Å². The van der Waals surface area contributed by atoms with Gasteiger partial charge >= 0.3 is 0 Å². The molecule has 1 nitrogen and oxygen atoms in total. The second kappa shape index (κ2) is 7.77. The van der Waals surface area contributed by atoms with Gasteiger partial charge in [-0.2, -0.15) is 0 Å². The predicted octanol–water partition coefficient (Wildman–Crippen LogP) is 3.25. The largest absolute Gasteiger partial charge is 0.294 e. The molecule has 0 spiro atoms. The third kappa shape index (κ3) is 6.08. The summed E-state index contributed by atoms with van der Waals surface area (Å²) in [5, 5.41) is 0. The molecule has 0 saturated heterocycles. The van der Waals surface area contributed by atoms with Crippen LogP contribution in [0, 0.1) is 6.92 Å². The minimum atomic E-state index is 0.989. The second-order valence-electron chi connectivity index (χ2n) is 2.80. The van der Waals surface area contributed by atoms with Gasteiger partial charge < -0.3 is 0 Å². The van der Waals surface area contributed by atoms with E-state index >= 15 is 0 Å². The van der Waals surface area contributed by atoms with Crippen molar-refractivity contribution in [2.75, 3.05) is 6.54 Å². The number of hydrogen-bond acceptors (Lipinski definition) is 1. The minimum Gasteiger partial charge on any atom is -0.294 e. The Morgan fingerprint density at radius 1 is 1.18 bits per heavy atom. The van der Waals surface area contributed by atoms with Crippen LogP contribution in [-0.4, -0.2) is 12.3 Å². The van der Waals surface area contributed by atoms with Crippen LogP contribution in [0.5, 0.6) is 0 Å². The molecule has 0 aromatic carbocycles. The van der Waals surface area contributed by atoms with Gasteiger partial charge in [0.15, 0.2) is 0 Å². The quantitative estimate of drug-likeness (QED) is 0.521. The third-order valence-corrected chi connectivity index (χ3v) is 1.56. The fourth-order valence-corrected chi connectivity index (χ4v) is 1.05. The molecule has 0 rings (SSSR count). The number of nitrogens with zero attached hydrogens (tertiary/aromatic N) is 1. The minimum absolute atomic E-state index is 0.989. The van der Waals surface area contributed by atoms with Crippen LogP contribution in [0.2, 0.25) is 0 Å². The van der Waals surface area contributed by atoms with E-state index in [4.69, 9.17) is 0 Å². The Morgan fingerprint density at radius 2 is 1.91 bits per heavy atom. The molecule has 0 aromatic rings. The highest BCUT2D eigenvalue weighted by Gasteiger charge is 1.94. The average Bonchev–Trinajstić information content (AvgIpc) is 2.01. The maximum atomic E-state index is 4.50. The van der Waals surface area contributed by atoms with Gasteiger partial charge in [-0.05, 0) is 25.7 Å². The molecule has 0 fully saturated rings. The lowest BCUT2D eigenvalue weighted by atomic mass is 10.1. The van der Waals surface area contributed by atoms with Gasteiger partial charge in [-0.15, -0.1) is 0 Å². The van der Waals surface area contributed by atoms with Crippen molar-refractivity contribution < 1.29 is 0 Å². The van der Waals surface area contributed by atoms with Crippen LogP contribution < -0.4 is 0 Å². The lowest BCUT2D eigenvalue weighted by molar-refractivity contribution is 0.883. The number of aliphatic imine (C=N–C) groups is 1. The Balaban J connectivity index is 3.66. The zero-order valence-corrected chi connectivity index (χ0v) is 7.90. The van der Waals surface area contributed by atoms with Crippen molar-refractivity contribution in [2.45, 2.75) is 46.0 Å². The van der Waals surface area contributed by atoms with E-state index in [9.17, 15) is 0 Å². The Kier molecular flexibility index (Phi) is 7.54. The summed E-state index contributed by atoms with van der Waals surface area (Å²) in [6.45, 7) is 9.19. The molecule has 0 saturated carbocycles. The van der Waals surface area contributed by atoms with Crippen LogP contribution >= 0.6 is 0 Å². The summed E-state index contributed by atoms with van der Waals surface area (Å²) in [6.07, 6.45) is 5.61. The van der Waals surface area contributed by atoms with Crippen molar-refractivity contribution in [2.24, 2.45) is 4.99 Å². The number of hydrogen-bond donors (Lipinski definition) is 0. The molecule has 1 heteroatoms. The molecule has 11 heavy (non-hydrogen) atoms. The first-order valence-corrected chi connectivity index (χ1v) is 4.66. The monoisotopic (exact) mass is 154 g/mol. The molecular formula is C10H20N. The Morgan fingerprint density at radius 3 is 2.36 bits per heavy atom. The normalized spacial score (nSPS) is 12.1. The first-order valence-electron chi connectivity index (χ1n) is 4.66. The molecule has 0 heterocycles. The van der Waals surface area contributed by atoms with E-state index in [0.717, 1.165) is 32.2 Å². The number of rotatable bonds is 6. The van der Waals surface area contributed by atoms with Gasteiger partial charge in [-0.25, -0.2) is 0 Å². The maximum Gasteiger partial charge on any atom is 0.0386 e. The Bertz CT molecular complexity index is 97.4. The highest BCUT2D eigenvalue weighted by molar-refractivity contribution is 5.84. The van der Waals surface area contributed by atoms with E-state index in [1.165, 1.54) is 12.1 Å². The molecule has 0 unspecified atom stereocenters. The van der Waals surface area contributed by atoms with Crippen LogP contribution in [-0.2, 0) is 0 Å². The molecule has 1 radical (unpaired) electrons. The molecule has 0 aromatic heterocycles. The lowest BCUT2D eigenvalue weighted by Gasteiger charge is -2.01. The first kappa shape index (κ1) is 10.7. The molecule has 65 valence electrons. The highest BCUT2D eigenvalue weighted by atomic mass is 14.7. The van der Waals surface area contributed by atoms with Gasteiger partial charge in [0.1, 0.15) is 0 Å². The second-order valence-corrected chi connectivity index (χ2v) is 2.80. The van der Waals surface area contributed by atoms with E-state index in [2.05, 4.69) is 25.8 Å². The molecule has 0 atom stereocenters. The van der Waals surface area contributed by atoms with Crippen molar-refractivity contribution in [1.29, 1.82) is 0 Å². The van der Waals surface area contributed by atoms with E-state index in [0.29, 0.717) is 0 Å².